The summed E-state index contributed by atoms with van der Waals surface area (Å²) in [7, 11) is 0. The first-order valence-electron chi connectivity index (χ1n) is 7.25. The zero-order valence-corrected chi connectivity index (χ0v) is 11.2. The fourth-order valence-corrected chi connectivity index (χ4v) is 2.94. The summed E-state index contributed by atoms with van der Waals surface area (Å²) in [4.78, 5) is 0. The smallest absolute Gasteiger partial charge is 0.130 e. The van der Waals surface area contributed by atoms with Gasteiger partial charge in [0.1, 0.15) is 11.5 Å². The van der Waals surface area contributed by atoms with E-state index in [2.05, 4.69) is 24.3 Å². The van der Waals surface area contributed by atoms with E-state index in [0.29, 0.717) is 5.92 Å². The van der Waals surface area contributed by atoms with E-state index in [1.54, 1.807) is 0 Å². The fourth-order valence-electron chi connectivity index (χ4n) is 2.94. The molecule has 0 bridgehead atoms. The predicted octanol–water partition coefficient (Wildman–Crippen LogP) is 5.53. The minimum atomic E-state index is 0.675. The highest BCUT2D eigenvalue weighted by Gasteiger charge is 2.19. The lowest BCUT2D eigenvalue weighted by Crippen LogP contribution is -2.05. The van der Waals surface area contributed by atoms with Crippen molar-refractivity contribution in [3.05, 3.63) is 60.2 Å². The predicted molar refractivity (Wildman–Crippen MR) is 78.8 cm³/mol. The van der Waals surface area contributed by atoms with E-state index >= 15 is 0 Å². The Bertz CT molecular complexity index is 512. The van der Waals surface area contributed by atoms with Gasteiger partial charge in [-0.1, -0.05) is 55.7 Å². The lowest BCUT2D eigenvalue weighted by molar-refractivity contribution is 0.419. The second-order valence-electron chi connectivity index (χ2n) is 5.29. The first kappa shape index (κ1) is 12.3. The molecule has 2 aromatic rings. The molecule has 1 fully saturated rings. The Labute approximate surface area is 115 Å². The van der Waals surface area contributed by atoms with Crippen molar-refractivity contribution in [2.75, 3.05) is 0 Å². The molecule has 1 aliphatic rings. The molecule has 3 rings (SSSR count). The minimum Gasteiger partial charge on any atom is -0.457 e. The van der Waals surface area contributed by atoms with E-state index in [1.807, 2.05) is 30.3 Å². The average molecular weight is 252 g/mol. The van der Waals surface area contributed by atoms with Crippen LogP contribution in [0.15, 0.2) is 54.6 Å². The highest BCUT2D eigenvalue weighted by atomic mass is 16.5. The lowest BCUT2D eigenvalue weighted by atomic mass is 9.84. The second kappa shape index (κ2) is 5.92. The van der Waals surface area contributed by atoms with Crippen LogP contribution in [0.25, 0.3) is 0 Å². The van der Waals surface area contributed by atoms with Crippen molar-refractivity contribution in [1.29, 1.82) is 0 Å². The van der Waals surface area contributed by atoms with Crippen molar-refractivity contribution < 1.29 is 4.74 Å². The van der Waals surface area contributed by atoms with Crippen molar-refractivity contribution in [2.24, 2.45) is 0 Å². The summed E-state index contributed by atoms with van der Waals surface area (Å²) in [6.45, 7) is 0. The number of ether oxygens (including phenoxy) is 1. The molecule has 2 aromatic carbocycles. The van der Waals surface area contributed by atoms with Crippen LogP contribution in [0.2, 0.25) is 0 Å². The van der Waals surface area contributed by atoms with Crippen LogP contribution in [0.3, 0.4) is 0 Å². The second-order valence-corrected chi connectivity index (χ2v) is 5.29. The van der Waals surface area contributed by atoms with Crippen LogP contribution in [0.4, 0.5) is 0 Å². The van der Waals surface area contributed by atoms with Crippen molar-refractivity contribution in [3.8, 4) is 11.5 Å². The standard InChI is InChI=1S/C18H20O/c1-3-9-15(10-4-1)17-13-7-8-14-18(17)19-16-11-5-2-6-12-16/h2,5-8,11-15H,1,3-4,9-10H2. The summed E-state index contributed by atoms with van der Waals surface area (Å²) in [6.07, 6.45) is 6.69. The van der Waals surface area contributed by atoms with Crippen molar-refractivity contribution in [1.82, 2.24) is 0 Å². The zero-order valence-electron chi connectivity index (χ0n) is 11.2. The van der Waals surface area contributed by atoms with Gasteiger partial charge in [-0.3, -0.25) is 0 Å². The topological polar surface area (TPSA) is 9.23 Å². The average Bonchev–Trinajstić information content (AvgIpc) is 2.50. The van der Waals surface area contributed by atoms with Gasteiger partial charge in [0.2, 0.25) is 0 Å². The quantitative estimate of drug-likeness (QED) is 0.698. The summed E-state index contributed by atoms with van der Waals surface area (Å²) in [5.74, 6) is 2.63. The summed E-state index contributed by atoms with van der Waals surface area (Å²) in [6, 6.07) is 18.6. The Morgan fingerprint density at radius 2 is 1.42 bits per heavy atom. The van der Waals surface area contributed by atoms with Gasteiger partial charge in [0.25, 0.3) is 0 Å². The van der Waals surface area contributed by atoms with Gasteiger partial charge in [-0.25, -0.2) is 0 Å². The molecule has 0 amide bonds. The van der Waals surface area contributed by atoms with E-state index in [-0.39, 0.29) is 0 Å². The molecule has 1 aliphatic carbocycles. The van der Waals surface area contributed by atoms with Crippen LogP contribution >= 0.6 is 0 Å². The maximum atomic E-state index is 6.06. The molecule has 0 atom stereocenters. The maximum absolute atomic E-state index is 6.06. The molecule has 98 valence electrons. The van der Waals surface area contributed by atoms with Gasteiger partial charge in [-0.05, 0) is 42.5 Å². The molecule has 1 heteroatoms. The first-order chi connectivity index (χ1) is 9.43. The largest absolute Gasteiger partial charge is 0.457 e. The maximum Gasteiger partial charge on any atom is 0.130 e. The third-order valence-corrected chi connectivity index (χ3v) is 3.94. The monoisotopic (exact) mass is 252 g/mol. The number of rotatable bonds is 3. The summed E-state index contributed by atoms with van der Waals surface area (Å²) < 4.78 is 6.06. The van der Waals surface area contributed by atoms with Gasteiger partial charge >= 0.3 is 0 Å². The normalized spacial score (nSPS) is 16.2. The zero-order chi connectivity index (χ0) is 12.9. The van der Waals surface area contributed by atoms with Gasteiger partial charge in [0, 0.05) is 0 Å². The molecule has 19 heavy (non-hydrogen) atoms. The van der Waals surface area contributed by atoms with Crippen molar-refractivity contribution >= 4 is 0 Å². The molecular weight excluding hydrogens is 232 g/mol. The van der Waals surface area contributed by atoms with Gasteiger partial charge < -0.3 is 4.74 Å². The highest BCUT2D eigenvalue weighted by molar-refractivity contribution is 5.40. The van der Waals surface area contributed by atoms with Gasteiger partial charge in [-0.2, -0.15) is 0 Å². The summed E-state index contributed by atoms with van der Waals surface area (Å²) in [5.41, 5.74) is 1.38. The van der Waals surface area contributed by atoms with E-state index in [4.69, 9.17) is 4.74 Å². The molecule has 0 aliphatic heterocycles. The molecule has 0 radical (unpaired) electrons. The number of para-hydroxylation sites is 2. The summed E-state index contributed by atoms with van der Waals surface area (Å²) in [5, 5.41) is 0. The molecular formula is C18H20O. The number of benzene rings is 2. The lowest BCUT2D eigenvalue weighted by Gasteiger charge is -2.24. The van der Waals surface area contributed by atoms with Gasteiger partial charge in [0.05, 0.1) is 0 Å². The van der Waals surface area contributed by atoms with Crippen LogP contribution in [0.5, 0.6) is 11.5 Å². The van der Waals surface area contributed by atoms with Crippen LogP contribution < -0.4 is 4.74 Å². The molecule has 0 spiro atoms. The van der Waals surface area contributed by atoms with E-state index in [1.165, 1.54) is 37.7 Å². The fraction of sp³-hybridized carbons (Fsp3) is 0.333. The van der Waals surface area contributed by atoms with Crippen LogP contribution in [0.1, 0.15) is 43.6 Å². The van der Waals surface area contributed by atoms with E-state index < -0.39 is 0 Å². The van der Waals surface area contributed by atoms with E-state index in [0.717, 1.165) is 11.5 Å². The van der Waals surface area contributed by atoms with Crippen molar-refractivity contribution in [2.45, 2.75) is 38.0 Å². The molecule has 0 aromatic heterocycles. The molecule has 1 saturated carbocycles. The molecule has 1 nitrogen and oxygen atoms in total. The highest BCUT2D eigenvalue weighted by Crippen LogP contribution is 2.38. The SMILES string of the molecule is c1ccc(Oc2ccccc2C2CCCCC2)cc1. The number of hydrogen-bond acceptors (Lipinski definition) is 1. The summed E-state index contributed by atoms with van der Waals surface area (Å²) >= 11 is 0. The minimum absolute atomic E-state index is 0.675. The first-order valence-corrected chi connectivity index (χ1v) is 7.25. The Morgan fingerprint density at radius 1 is 0.737 bits per heavy atom. The third-order valence-electron chi connectivity index (χ3n) is 3.94. The van der Waals surface area contributed by atoms with E-state index in [9.17, 15) is 0 Å². The Balaban J connectivity index is 1.84. The number of hydrogen-bond donors (Lipinski definition) is 0. The van der Waals surface area contributed by atoms with Crippen LogP contribution in [-0.4, -0.2) is 0 Å². The molecule has 0 unspecified atom stereocenters. The van der Waals surface area contributed by atoms with Crippen LogP contribution in [-0.2, 0) is 0 Å². The van der Waals surface area contributed by atoms with Gasteiger partial charge in [-0.15, -0.1) is 0 Å². The Morgan fingerprint density at radius 3 is 2.21 bits per heavy atom. The Kier molecular flexibility index (Phi) is 3.83. The molecule has 0 heterocycles. The third kappa shape index (κ3) is 2.98. The van der Waals surface area contributed by atoms with Crippen molar-refractivity contribution in [3.63, 3.8) is 0 Å². The van der Waals surface area contributed by atoms with Crippen LogP contribution in [0, 0.1) is 0 Å². The molecule has 0 N–H and O–H groups in total. The molecule has 0 saturated heterocycles. The van der Waals surface area contributed by atoms with Gasteiger partial charge in [0.15, 0.2) is 0 Å². The Hall–Kier alpha value is -1.76.